The number of nitrogens with zero attached hydrogens (tertiary/aromatic N) is 3. The Morgan fingerprint density at radius 2 is 2.07 bits per heavy atom. The maximum Gasteiger partial charge on any atom is 0.286 e. The van der Waals surface area contributed by atoms with Crippen LogP contribution in [-0.2, 0) is 4.79 Å². The number of benzene rings is 1. The van der Waals surface area contributed by atoms with E-state index in [0.717, 1.165) is 68.7 Å². The number of quaternary nitrogens is 1. The normalized spacial score (nSPS) is 19.0. The molecule has 0 aromatic heterocycles. The SMILES string of the molecule is CCCCOc1ccc(/C=C2/SC(N3CC[NH+](CCC#N)CC3)=NC2=O)cc1. The summed E-state index contributed by atoms with van der Waals surface area (Å²) in [5, 5.41) is 9.52. The van der Waals surface area contributed by atoms with Gasteiger partial charge in [0.25, 0.3) is 5.91 Å². The number of amides is 1. The molecule has 2 heterocycles. The van der Waals surface area contributed by atoms with Crippen LogP contribution in [0.1, 0.15) is 31.7 Å². The number of carbonyl (C=O) groups excluding carboxylic acids is 1. The number of nitriles is 1. The fourth-order valence-corrected chi connectivity index (χ4v) is 4.14. The van der Waals surface area contributed by atoms with Gasteiger partial charge in [-0.05, 0) is 42.0 Å². The quantitative estimate of drug-likeness (QED) is 0.561. The van der Waals surface area contributed by atoms with Gasteiger partial charge in [0, 0.05) is 0 Å². The number of nitrogens with one attached hydrogen (secondary N) is 1. The number of hydrogen-bond acceptors (Lipinski definition) is 5. The number of ether oxygens (including phenoxy) is 1. The van der Waals surface area contributed by atoms with E-state index in [1.807, 2.05) is 30.3 Å². The molecule has 0 bridgehead atoms. The van der Waals surface area contributed by atoms with Crippen molar-refractivity contribution >= 4 is 28.9 Å². The maximum atomic E-state index is 12.3. The largest absolute Gasteiger partial charge is 0.494 e. The fourth-order valence-electron chi connectivity index (χ4n) is 3.18. The zero-order chi connectivity index (χ0) is 19.8. The summed E-state index contributed by atoms with van der Waals surface area (Å²) in [6, 6.07) is 10.0. The van der Waals surface area contributed by atoms with Crippen LogP contribution in [0.5, 0.6) is 5.75 Å². The third kappa shape index (κ3) is 5.60. The van der Waals surface area contributed by atoms with E-state index in [4.69, 9.17) is 10.00 Å². The first-order chi connectivity index (χ1) is 13.7. The van der Waals surface area contributed by atoms with Crippen molar-refractivity contribution in [1.29, 1.82) is 5.26 Å². The predicted octanol–water partition coefficient (Wildman–Crippen LogP) is 1.95. The Morgan fingerprint density at radius 3 is 2.75 bits per heavy atom. The number of rotatable bonds is 7. The van der Waals surface area contributed by atoms with Crippen LogP contribution >= 0.6 is 11.8 Å². The highest BCUT2D eigenvalue weighted by molar-refractivity contribution is 8.18. The lowest BCUT2D eigenvalue weighted by atomic mass is 10.2. The highest BCUT2D eigenvalue weighted by Gasteiger charge is 2.29. The number of unbranched alkanes of at least 4 members (excludes halogenated alkanes) is 1. The minimum atomic E-state index is -0.164. The van der Waals surface area contributed by atoms with Gasteiger partial charge >= 0.3 is 0 Å². The Bertz CT molecular complexity index is 775. The molecular formula is C21H27N4O2S+. The van der Waals surface area contributed by atoms with Gasteiger partial charge in [0.2, 0.25) is 0 Å². The third-order valence-electron chi connectivity index (χ3n) is 4.89. The molecule has 0 saturated carbocycles. The molecule has 0 radical (unpaired) electrons. The minimum absolute atomic E-state index is 0.164. The molecule has 28 heavy (non-hydrogen) atoms. The van der Waals surface area contributed by atoms with Gasteiger partial charge in [-0.25, -0.2) is 0 Å². The van der Waals surface area contributed by atoms with Gasteiger partial charge in [0.05, 0.1) is 56.7 Å². The van der Waals surface area contributed by atoms with E-state index in [0.29, 0.717) is 11.3 Å². The molecule has 0 unspecified atom stereocenters. The van der Waals surface area contributed by atoms with E-state index < -0.39 is 0 Å². The van der Waals surface area contributed by atoms with Crippen LogP contribution in [0, 0.1) is 11.3 Å². The Labute approximate surface area is 170 Å². The van der Waals surface area contributed by atoms with Gasteiger partial charge in [0.15, 0.2) is 5.17 Å². The van der Waals surface area contributed by atoms with Crippen molar-refractivity contribution in [1.82, 2.24) is 4.90 Å². The van der Waals surface area contributed by atoms with Gasteiger partial charge in [-0.3, -0.25) is 4.79 Å². The summed E-state index contributed by atoms with van der Waals surface area (Å²) < 4.78 is 5.68. The summed E-state index contributed by atoms with van der Waals surface area (Å²) in [5.74, 6) is 0.692. The Hall–Kier alpha value is -2.30. The maximum absolute atomic E-state index is 12.3. The van der Waals surface area contributed by atoms with Crippen molar-refractivity contribution in [3.63, 3.8) is 0 Å². The van der Waals surface area contributed by atoms with Crippen LogP contribution in [0.2, 0.25) is 0 Å². The zero-order valence-corrected chi connectivity index (χ0v) is 17.1. The van der Waals surface area contributed by atoms with E-state index in [1.54, 1.807) is 0 Å². The molecule has 0 aliphatic carbocycles. The first-order valence-electron chi connectivity index (χ1n) is 9.90. The van der Waals surface area contributed by atoms with Crippen LogP contribution in [0.3, 0.4) is 0 Å². The third-order valence-corrected chi connectivity index (χ3v) is 5.93. The van der Waals surface area contributed by atoms with Gasteiger partial charge < -0.3 is 14.5 Å². The molecule has 6 nitrogen and oxygen atoms in total. The average molecular weight is 400 g/mol. The highest BCUT2D eigenvalue weighted by atomic mass is 32.2. The monoisotopic (exact) mass is 399 g/mol. The second-order valence-corrected chi connectivity index (χ2v) is 7.99. The summed E-state index contributed by atoms with van der Waals surface area (Å²) in [5.41, 5.74) is 0.973. The van der Waals surface area contributed by atoms with Gasteiger partial charge in [-0.2, -0.15) is 10.3 Å². The number of amidine groups is 1. The molecule has 1 aromatic rings. The number of carbonyl (C=O) groups is 1. The smallest absolute Gasteiger partial charge is 0.286 e. The molecule has 0 spiro atoms. The van der Waals surface area contributed by atoms with Crippen molar-refractivity contribution in [3.8, 4) is 11.8 Å². The minimum Gasteiger partial charge on any atom is -0.494 e. The summed E-state index contributed by atoms with van der Waals surface area (Å²) in [4.78, 5) is 20.9. The summed E-state index contributed by atoms with van der Waals surface area (Å²) in [6.45, 7) is 7.47. The molecule has 2 aliphatic rings. The van der Waals surface area contributed by atoms with Crippen molar-refractivity contribution in [2.24, 2.45) is 4.99 Å². The molecule has 7 heteroatoms. The topological polar surface area (TPSA) is 70.1 Å². The molecule has 0 atom stereocenters. The molecule has 3 rings (SSSR count). The van der Waals surface area contributed by atoms with Crippen LogP contribution in [0.25, 0.3) is 6.08 Å². The lowest BCUT2D eigenvalue weighted by Crippen LogP contribution is -3.14. The van der Waals surface area contributed by atoms with Crippen LogP contribution in [0.4, 0.5) is 0 Å². The van der Waals surface area contributed by atoms with Crippen LogP contribution in [0.15, 0.2) is 34.2 Å². The number of aliphatic imine (C=N–C) groups is 1. The molecule has 1 N–H and O–H groups in total. The number of thioether (sulfide) groups is 1. The molecular weight excluding hydrogens is 372 g/mol. The molecule has 148 valence electrons. The lowest BCUT2D eigenvalue weighted by Gasteiger charge is -2.32. The van der Waals surface area contributed by atoms with Crippen molar-refractivity contribution in [3.05, 3.63) is 34.7 Å². The van der Waals surface area contributed by atoms with Gasteiger partial charge in [-0.15, -0.1) is 0 Å². The first kappa shape index (κ1) is 20.4. The summed E-state index contributed by atoms with van der Waals surface area (Å²) in [6.07, 6.45) is 4.65. The summed E-state index contributed by atoms with van der Waals surface area (Å²) in [7, 11) is 0. The van der Waals surface area contributed by atoms with E-state index in [-0.39, 0.29) is 5.91 Å². The predicted molar refractivity (Wildman–Crippen MR) is 112 cm³/mol. The molecule has 2 aliphatic heterocycles. The van der Waals surface area contributed by atoms with Gasteiger partial charge in [-0.1, -0.05) is 25.5 Å². The Balaban J connectivity index is 1.53. The first-order valence-corrected chi connectivity index (χ1v) is 10.7. The Morgan fingerprint density at radius 1 is 1.32 bits per heavy atom. The Kier molecular flexibility index (Phi) is 7.52. The summed E-state index contributed by atoms with van der Waals surface area (Å²) >= 11 is 1.45. The fraction of sp³-hybridized carbons (Fsp3) is 0.476. The average Bonchev–Trinajstić information content (AvgIpc) is 3.08. The van der Waals surface area contributed by atoms with Crippen molar-refractivity contribution in [2.45, 2.75) is 26.2 Å². The molecule has 1 amide bonds. The van der Waals surface area contributed by atoms with E-state index in [1.165, 1.54) is 16.7 Å². The number of piperazine rings is 1. The molecule has 1 fully saturated rings. The zero-order valence-electron chi connectivity index (χ0n) is 16.3. The van der Waals surface area contributed by atoms with E-state index in [9.17, 15) is 4.79 Å². The second-order valence-electron chi connectivity index (χ2n) is 6.98. The van der Waals surface area contributed by atoms with Crippen LogP contribution < -0.4 is 9.64 Å². The lowest BCUT2D eigenvalue weighted by molar-refractivity contribution is -0.903. The van der Waals surface area contributed by atoms with E-state index >= 15 is 0 Å². The second kappa shape index (κ2) is 10.3. The van der Waals surface area contributed by atoms with Gasteiger partial charge in [0.1, 0.15) is 5.75 Å². The van der Waals surface area contributed by atoms with Crippen LogP contribution in [-0.4, -0.2) is 55.3 Å². The van der Waals surface area contributed by atoms with Crippen molar-refractivity contribution in [2.75, 3.05) is 39.3 Å². The molecule has 1 saturated heterocycles. The van der Waals surface area contributed by atoms with Crippen molar-refractivity contribution < 1.29 is 14.4 Å². The molecule has 1 aromatic carbocycles. The highest BCUT2D eigenvalue weighted by Crippen LogP contribution is 2.30. The standard InChI is InChI=1S/C21H26N4O2S/c1-2-3-15-27-18-7-5-17(6-8-18)16-19-20(26)23-21(28-19)25-13-11-24(12-14-25)10-4-9-22/h5-8,16H,2-4,10-15H2,1H3/p+1/b19-16+. The van der Waals surface area contributed by atoms with E-state index in [2.05, 4.69) is 22.9 Å². The number of hydrogen-bond donors (Lipinski definition) is 1.